The van der Waals surface area contributed by atoms with E-state index >= 15 is 0 Å². The van der Waals surface area contributed by atoms with Crippen LogP contribution in [-0.2, 0) is 0 Å². The van der Waals surface area contributed by atoms with Gasteiger partial charge in [-0.25, -0.2) is 0 Å². The smallest absolute Gasteiger partial charge is 0.0792 e. The van der Waals surface area contributed by atoms with Crippen LogP contribution in [0.15, 0.2) is 16.6 Å². The summed E-state index contributed by atoms with van der Waals surface area (Å²) in [5, 5.41) is 10.3. The Morgan fingerprint density at radius 1 is 1.00 bits per heavy atom. The van der Waals surface area contributed by atoms with Crippen molar-refractivity contribution in [2.75, 3.05) is 0 Å². The van der Waals surface area contributed by atoms with Crippen molar-refractivity contribution in [2.24, 2.45) is 0 Å². The minimum atomic E-state index is -0.307. The molecule has 2 heteroatoms. The molecule has 1 N–H and O–H groups in total. The maximum Gasteiger partial charge on any atom is 0.0792 e. The molecule has 0 spiro atoms. The fourth-order valence-electron chi connectivity index (χ4n) is 2.44. The largest absolute Gasteiger partial charge is 0.388 e. The number of rotatable bonds is 8. The van der Waals surface area contributed by atoms with E-state index in [0.29, 0.717) is 0 Å². The van der Waals surface area contributed by atoms with E-state index < -0.39 is 0 Å². The van der Waals surface area contributed by atoms with Crippen molar-refractivity contribution in [3.63, 3.8) is 0 Å². The van der Waals surface area contributed by atoms with Gasteiger partial charge in [0.05, 0.1) is 6.10 Å². The summed E-state index contributed by atoms with van der Waals surface area (Å²) in [5.74, 6) is 0. The van der Waals surface area contributed by atoms with Crippen LogP contribution in [0.25, 0.3) is 0 Å². The van der Waals surface area contributed by atoms with E-state index in [1.165, 1.54) is 43.2 Å². The Kier molecular flexibility index (Phi) is 7.70. The van der Waals surface area contributed by atoms with Gasteiger partial charge in [0.15, 0.2) is 0 Å². The molecule has 0 radical (unpaired) electrons. The van der Waals surface area contributed by atoms with Crippen molar-refractivity contribution in [2.45, 2.75) is 71.8 Å². The zero-order chi connectivity index (χ0) is 14.3. The van der Waals surface area contributed by atoms with E-state index in [1.807, 2.05) is 0 Å². The number of unbranched alkanes of at least 4 members (excludes halogenated alkanes) is 5. The van der Waals surface area contributed by atoms with Crippen LogP contribution in [0, 0.1) is 13.8 Å². The lowest BCUT2D eigenvalue weighted by Crippen LogP contribution is -2.01. The van der Waals surface area contributed by atoms with Crippen molar-refractivity contribution in [1.82, 2.24) is 0 Å². The summed E-state index contributed by atoms with van der Waals surface area (Å²) >= 11 is 3.54. The molecule has 108 valence electrons. The van der Waals surface area contributed by atoms with Gasteiger partial charge < -0.3 is 5.11 Å². The van der Waals surface area contributed by atoms with Gasteiger partial charge in [0, 0.05) is 4.47 Å². The molecule has 0 heterocycles. The summed E-state index contributed by atoms with van der Waals surface area (Å²) in [6.07, 6.45) is 8.21. The Morgan fingerprint density at radius 3 is 2.32 bits per heavy atom. The zero-order valence-electron chi connectivity index (χ0n) is 12.5. The minimum Gasteiger partial charge on any atom is -0.388 e. The molecule has 19 heavy (non-hydrogen) atoms. The first-order chi connectivity index (χ1) is 9.06. The number of aliphatic hydroxyl groups is 1. The van der Waals surface area contributed by atoms with Crippen molar-refractivity contribution in [3.05, 3.63) is 33.3 Å². The number of halogens is 1. The average Bonchev–Trinajstić information content (AvgIpc) is 2.37. The van der Waals surface area contributed by atoms with Crippen molar-refractivity contribution < 1.29 is 5.11 Å². The molecule has 0 aliphatic heterocycles. The SMILES string of the molecule is CCCCCCCCC(O)c1cc(C)c(Br)cc1C. The molecule has 1 aromatic carbocycles. The van der Waals surface area contributed by atoms with Gasteiger partial charge in [-0.3, -0.25) is 0 Å². The fourth-order valence-corrected chi connectivity index (χ4v) is 2.89. The lowest BCUT2D eigenvalue weighted by Gasteiger charge is -2.15. The molecule has 1 nitrogen and oxygen atoms in total. The second-order valence-electron chi connectivity index (χ2n) is 5.53. The summed E-state index contributed by atoms with van der Waals surface area (Å²) < 4.78 is 1.13. The molecule has 0 saturated heterocycles. The molecule has 0 saturated carbocycles. The quantitative estimate of drug-likeness (QED) is 0.594. The van der Waals surface area contributed by atoms with Crippen molar-refractivity contribution in [1.29, 1.82) is 0 Å². The third-order valence-electron chi connectivity index (χ3n) is 3.74. The topological polar surface area (TPSA) is 20.2 Å². The van der Waals surface area contributed by atoms with Crippen LogP contribution in [0.3, 0.4) is 0 Å². The predicted molar refractivity (Wildman–Crippen MR) is 86.6 cm³/mol. The van der Waals surface area contributed by atoms with Crippen molar-refractivity contribution in [3.8, 4) is 0 Å². The molecule has 0 bridgehead atoms. The maximum absolute atomic E-state index is 10.3. The number of hydrogen-bond acceptors (Lipinski definition) is 1. The van der Waals surface area contributed by atoms with Crippen molar-refractivity contribution >= 4 is 15.9 Å². The van der Waals surface area contributed by atoms with Gasteiger partial charge in [0.25, 0.3) is 0 Å². The Bertz CT molecular complexity index is 387. The molecule has 1 atom stereocenters. The van der Waals surface area contributed by atoms with Crippen LogP contribution in [0.1, 0.15) is 74.7 Å². The maximum atomic E-state index is 10.3. The van der Waals surface area contributed by atoms with Gasteiger partial charge in [0.2, 0.25) is 0 Å². The molecular weight excluding hydrogens is 300 g/mol. The molecule has 0 fully saturated rings. The second-order valence-corrected chi connectivity index (χ2v) is 6.38. The fraction of sp³-hybridized carbons (Fsp3) is 0.647. The number of benzene rings is 1. The third-order valence-corrected chi connectivity index (χ3v) is 4.59. The summed E-state index contributed by atoms with van der Waals surface area (Å²) in [6.45, 7) is 6.39. The lowest BCUT2D eigenvalue weighted by atomic mass is 9.97. The minimum absolute atomic E-state index is 0.307. The first kappa shape index (κ1) is 16.7. The molecule has 1 rings (SSSR count). The Labute approximate surface area is 126 Å². The highest BCUT2D eigenvalue weighted by molar-refractivity contribution is 9.10. The van der Waals surface area contributed by atoms with Crippen LogP contribution in [0.5, 0.6) is 0 Å². The van der Waals surface area contributed by atoms with Gasteiger partial charge in [-0.2, -0.15) is 0 Å². The van der Waals surface area contributed by atoms with Gasteiger partial charge in [-0.15, -0.1) is 0 Å². The first-order valence-corrected chi connectivity index (χ1v) is 8.30. The van der Waals surface area contributed by atoms with Gasteiger partial charge in [-0.1, -0.05) is 67.4 Å². The van der Waals surface area contributed by atoms with E-state index in [9.17, 15) is 5.11 Å². The highest BCUT2D eigenvalue weighted by Crippen LogP contribution is 2.28. The highest BCUT2D eigenvalue weighted by atomic mass is 79.9. The molecule has 0 aromatic heterocycles. The predicted octanol–water partition coefficient (Wildman–Crippen LogP) is 5.85. The normalized spacial score (nSPS) is 12.7. The Balaban J connectivity index is 2.41. The zero-order valence-corrected chi connectivity index (χ0v) is 14.1. The summed E-state index contributed by atoms with van der Waals surface area (Å²) in [7, 11) is 0. The van der Waals surface area contributed by atoms with Gasteiger partial charge in [0.1, 0.15) is 0 Å². The summed E-state index contributed by atoms with van der Waals surface area (Å²) in [4.78, 5) is 0. The average molecular weight is 327 g/mol. The van der Waals surface area contributed by atoms with Crippen LogP contribution in [-0.4, -0.2) is 5.11 Å². The summed E-state index contributed by atoms with van der Waals surface area (Å²) in [5.41, 5.74) is 3.47. The molecular formula is C17H27BrO. The monoisotopic (exact) mass is 326 g/mol. The van der Waals surface area contributed by atoms with E-state index in [1.54, 1.807) is 0 Å². The molecule has 0 aliphatic carbocycles. The molecule has 0 aliphatic rings. The van der Waals surface area contributed by atoms with Gasteiger partial charge in [-0.05, 0) is 43.0 Å². The third kappa shape index (κ3) is 5.66. The van der Waals surface area contributed by atoms with Crippen LogP contribution < -0.4 is 0 Å². The van der Waals surface area contributed by atoms with E-state index in [0.717, 1.165) is 22.9 Å². The number of aryl methyl sites for hydroxylation is 2. The molecule has 1 aromatic rings. The molecule has 0 amide bonds. The van der Waals surface area contributed by atoms with E-state index in [4.69, 9.17) is 0 Å². The van der Waals surface area contributed by atoms with Gasteiger partial charge >= 0.3 is 0 Å². The van der Waals surface area contributed by atoms with E-state index in [-0.39, 0.29) is 6.10 Å². The van der Waals surface area contributed by atoms with E-state index in [2.05, 4.69) is 48.8 Å². The van der Waals surface area contributed by atoms with Crippen LogP contribution in [0.4, 0.5) is 0 Å². The first-order valence-electron chi connectivity index (χ1n) is 7.51. The lowest BCUT2D eigenvalue weighted by molar-refractivity contribution is 0.162. The number of hydrogen-bond donors (Lipinski definition) is 1. The second kappa shape index (κ2) is 8.76. The molecule has 1 unspecified atom stereocenters. The Hall–Kier alpha value is -0.340. The summed E-state index contributed by atoms with van der Waals surface area (Å²) in [6, 6.07) is 4.22. The number of aliphatic hydroxyl groups excluding tert-OH is 1. The van der Waals surface area contributed by atoms with Crippen LogP contribution in [0.2, 0.25) is 0 Å². The van der Waals surface area contributed by atoms with Crippen LogP contribution >= 0.6 is 15.9 Å². The standard InChI is InChI=1S/C17H27BrO/c1-4-5-6-7-8-9-10-17(19)15-11-14(3)16(18)12-13(15)2/h11-12,17,19H,4-10H2,1-3H3. The Morgan fingerprint density at radius 2 is 1.63 bits per heavy atom. The highest BCUT2D eigenvalue weighted by Gasteiger charge is 2.11.